The van der Waals surface area contributed by atoms with Crippen LogP contribution in [0, 0.1) is 6.92 Å². The number of aliphatic hydroxyl groups is 1. The summed E-state index contributed by atoms with van der Waals surface area (Å²) in [7, 11) is -0.570. The number of imidazole rings is 1. The quantitative estimate of drug-likeness (QED) is 0.480. The lowest BCUT2D eigenvalue weighted by Crippen LogP contribution is -2.38. The van der Waals surface area contributed by atoms with Crippen LogP contribution in [-0.2, 0) is 20.4 Å². The van der Waals surface area contributed by atoms with Crippen LogP contribution in [-0.4, -0.2) is 49.3 Å². The smallest absolute Gasteiger partial charge is 0.244 e. The van der Waals surface area contributed by atoms with Gasteiger partial charge >= 0.3 is 0 Å². The number of ether oxygens (including phenoxy) is 2. The Morgan fingerprint density at radius 2 is 1.89 bits per heavy atom. The van der Waals surface area contributed by atoms with Crippen molar-refractivity contribution in [3.8, 4) is 17.0 Å². The molecule has 2 aromatic heterocycles. The van der Waals surface area contributed by atoms with E-state index in [1.165, 1.54) is 7.11 Å². The van der Waals surface area contributed by atoms with E-state index in [2.05, 4.69) is 15.3 Å². The minimum absolute atomic E-state index is 0.109. The van der Waals surface area contributed by atoms with Gasteiger partial charge in [0.15, 0.2) is 4.96 Å². The molecule has 0 spiro atoms. The van der Waals surface area contributed by atoms with E-state index in [-0.39, 0.29) is 22.6 Å². The molecule has 5 rings (SSSR count). The molecule has 10 heteroatoms. The number of hydrogen-bond donors (Lipinski definition) is 2. The van der Waals surface area contributed by atoms with Gasteiger partial charge in [0.25, 0.3) is 0 Å². The van der Waals surface area contributed by atoms with Crippen LogP contribution in [0.5, 0.6) is 5.75 Å². The number of thiazole rings is 1. The zero-order chi connectivity index (χ0) is 24.8. The van der Waals surface area contributed by atoms with Crippen LogP contribution in [0.1, 0.15) is 61.9 Å². The first kappa shape index (κ1) is 24.7. The van der Waals surface area contributed by atoms with Gasteiger partial charge in [0.05, 0.1) is 29.5 Å². The summed E-state index contributed by atoms with van der Waals surface area (Å²) < 4.78 is 43.1. The van der Waals surface area contributed by atoms with Crippen molar-refractivity contribution >= 4 is 26.3 Å². The summed E-state index contributed by atoms with van der Waals surface area (Å²) in [6.45, 7) is 1.94. The molecule has 0 saturated heterocycles. The third-order valence-corrected chi connectivity index (χ3v) is 10.2. The van der Waals surface area contributed by atoms with E-state index in [4.69, 9.17) is 14.5 Å². The monoisotopic (exact) mass is 519 g/mol. The molecular formula is C25H33N3O5S2. The standard InChI is InChI=1S/C25H33N3O5S2/c1-16-23(28-15-22(34-24(28)26-16)25(33-3)12-4-5-13-25)17-6-11-20(32-2)21(14-17)35(30,31)27-18-7-9-19(29)10-8-18/h6,11,14-15,18-19,27,29H,4-5,7-10,12-13H2,1-3H3. The summed E-state index contributed by atoms with van der Waals surface area (Å²) in [4.78, 5) is 6.92. The highest BCUT2D eigenvalue weighted by Gasteiger charge is 2.38. The molecule has 2 aliphatic rings. The predicted octanol–water partition coefficient (Wildman–Crippen LogP) is 4.38. The number of sulfonamides is 1. The Labute approximate surface area is 210 Å². The van der Waals surface area contributed by atoms with E-state index in [0.717, 1.165) is 52.5 Å². The molecule has 0 amide bonds. The number of aryl methyl sites for hydroxylation is 1. The maximum atomic E-state index is 13.4. The molecule has 0 unspecified atom stereocenters. The summed E-state index contributed by atoms with van der Waals surface area (Å²) in [5.74, 6) is 0.297. The van der Waals surface area contributed by atoms with Gasteiger partial charge in [-0.05, 0) is 63.6 Å². The van der Waals surface area contributed by atoms with Crippen molar-refractivity contribution in [2.24, 2.45) is 0 Å². The number of fused-ring (bicyclic) bond motifs is 1. The second-order valence-corrected chi connectivity index (χ2v) is 12.4. The summed E-state index contributed by atoms with van der Waals surface area (Å²) in [5.41, 5.74) is 2.20. The Hall–Kier alpha value is -1.98. The van der Waals surface area contributed by atoms with Crippen molar-refractivity contribution in [3.63, 3.8) is 0 Å². The van der Waals surface area contributed by atoms with Gasteiger partial charge in [-0.2, -0.15) is 0 Å². The van der Waals surface area contributed by atoms with E-state index in [1.54, 1.807) is 30.6 Å². The van der Waals surface area contributed by atoms with E-state index in [9.17, 15) is 13.5 Å². The van der Waals surface area contributed by atoms with Crippen LogP contribution < -0.4 is 9.46 Å². The van der Waals surface area contributed by atoms with Crippen LogP contribution in [0.15, 0.2) is 29.3 Å². The number of rotatable bonds is 7. The van der Waals surface area contributed by atoms with Crippen molar-refractivity contribution in [1.82, 2.24) is 14.1 Å². The molecule has 2 saturated carbocycles. The van der Waals surface area contributed by atoms with Gasteiger partial charge in [0.2, 0.25) is 10.0 Å². The van der Waals surface area contributed by atoms with Gasteiger partial charge in [0, 0.05) is 24.9 Å². The fourth-order valence-corrected chi connectivity index (χ4v) is 8.27. The van der Waals surface area contributed by atoms with Gasteiger partial charge in [-0.3, -0.25) is 4.40 Å². The van der Waals surface area contributed by atoms with Crippen LogP contribution in [0.4, 0.5) is 0 Å². The molecule has 0 atom stereocenters. The van der Waals surface area contributed by atoms with Crippen LogP contribution in [0.3, 0.4) is 0 Å². The molecule has 8 nitrogen and oxygen atoms in total. The van der Waals surface area contributed by atoms with E-state index in [1.807, 2.05) is 13.0 Å². The van der Waals surface area contributed by atoms with Crippen LogP contribution >= 0.6 is 11.3 Å². The molecule has 2 N–H and O–H groups in total. The Bertz CT molecular complexity index is 1320. The number of methoxy groups -OCH3 is 2. The Morgan fingerprint density at radius 1 is 1.17 bits per heavy atom. The van der Waals surface area contributed by atoms with Gasteiger partial charge < -0.3 is 14.6 Å². The van der Waals surface area contributed by atoms with E-state index >= 15 is 0 Å². The minimum Gasteiger partial charge on any atom is -0.495 e. The summed E-state index contributed by atoms with van der Waals surface area (Å²) in [6, 6.07) is 5.06. The fourth-order valence-electron chi connectivity index (χ4n) is 5.52. The number of aromatic nitrogens is 2. The normalized spacial score (nSPS) is 22.6. The van der Waals surface area contributed by atoms with Crippen LogP contribution in [0.25, 0.3) is 16.2 Å². The summed E-state index contributed by atoms with van der Waals surface area (Å²) >= 11 is 1.64. The first-order valence-electron chi connectivity index (χ1n) is 12.2. The molecule has 2 fully saturated rings. The zero-order valence-electron chi connectivity index (χ0n) is 20.4. The zero-order valence-corrected chi connectivity index (χ0v) is 22.0. The highest BCUT2D eigenvalue weighted by Crippen LogP contribution is 2.45. The van der Waals surface area contributed by atoms with Gasteiger partial charge in [0.1, 0.15) is 16.2 Å². The Kier molecular flexibility index (Phi) is 6.69. The molecule has 2 heterocycles. The number of benzene rings is 1. The number of nitrogens with one attached hydrogen (secondary N) is 1. The van der Waals surface area contributed by atoms with Crippen molar-refractivity contribution in [1.29, 1.82) is 0 Å². The maximum Gasteiger partial charge on any atom is 0.244 e. The molecule has 190 valence electrons. The van der Waals surface area contributed by atoms with Crippen molar-refractivity contribution in [2.75, 3.05) is 14.2 Å². The molecule has 0 aliphatic heterocycles. The number of aliphatic hydroxyl groups excluding tert-OH is 1. The average Bonchev–Trinajstić information content (AvgIpc) is 3.55. The topological polar surface area (TPSA) is 102 Å². The van der Waals surface area contributed by atoms with Gasteiger partial charge in [-0.1, -0.05) is 24.2 Å². The number of nitrogens with zero attached hydrogens (tertiary/aromatic N) is 2. The molecule has 0 bridgehead atoms. The van der Waals surface area contributed by atoms with E-state index in [0.29, 0.717) is 31.4 Å². The molecule has 0 radical (unpaired) electrons. The largest absolute Gasteiger partial charge is 0.495 e. The first-order valence-corrected chi connectivity index (χ1v) is 14.5. The average molecular weight is 520 g/mol. The Morgan fingerprint density at radius 3 is 2.54 bits per heavy atom. The highest BCUT2D eigenvalue weighted by molar-refractivity contribution is 7.89. The minimum atomic E-state index is -3.83. The third-order valence-electron chi connectivity index (χ3n) is 7.50. The lowest BCUT2D eigenvalue weighted by molar-refractivity contribution is -0.00578. The molecule has 3 aromatic rings. The van der Waals surface area contributed by atoms with Crippen molar-refractivity contribution in [3.05, 3.63) is 35.0 Å². The molecule has 35 heavy (non-hydrogen) atoms. The fraction of sp³-hybridized carbons (Fsp3) is 0.560. The van der Waals surface area contributed by atoms with Crippen molar-refractivity contribution in [2.45, 2.75) is 80.9 Å². The molecular weight excluding hydrogens is 486 g/mol. The predicted molar refractivity (Wildman–Crippen MR) is 136 cm³/mol. The van der Waals surface area contributed by atoms with Crippen LogP contribution in [0.2, 0.25) is 0 Å². The SMILES string of the molecule is COc1ccc(-c2c(C)nc3sc(C4(OC)CCCC4)cn23)cc1S(=O)(=O)NC1CCC(O)CC1. The molecule has 2 aliphatic carbocycles. The third kappa shape index (κ3) is 4.51. The van der Waals surface area contributed by atoms with Crippen molar-refractivity contribution < 1.29 is 23.0 Å². The second-order valence-electron chi connectivity index (χ2n) is 9.69. The maximum absolute atomic E-state index is 13.4. The second kappa shape index (κ2) is 9.48. The summed E-state index contributed by atoms with van der Waals surface area (Å²) in [6.07, 6.45) is 8.47. The molecule has 1 aromatic carbocycles. The number of hydrogen-bond acceptors (Lipinski definition) is 7. The van der Waals surface area contributed by atoms with Gasteiger partial charge in [-0.25, -0.2) is 18.1 Å². The highest BCUT2D eigenvalue weighted by atomic mass is 32.2. The van der Waals surface area contributed by atoms with E-state index < -0.39 is 10.0 Å². The van der Waals surface area contributed by atoms with Gasteiger partial charge in [-0.15, -0.1) is 0 Å². The summed E-state index contributed by atoms with van der Waals surface area (Å²) in [5, 5.41) is 9.77. The lowest BCUT2D eigenvalue weighted by atomic mass is 9.94. The lowest BCUT2D eigenvalue weighted by Gasteiger charge is -2.26. The Balaban J connectivity index is 1.54. The first-order chi connectivity index (χ1) is 16.8.